The van der Waals surface area contributed by atoms with E-state index in [1.807, 2.05) is 12.1 Å². The van der Waals surface area contributed by atoms with Crippen LogP contribution in [-0.4, -0.2) is 33.5 Å². The van der Waals surface area contributed by atoms with Crippen LogP contribution in [0.25, 0.3) is 11.4 Å². The van der Waals surface area contributed by atoms with Crippen molar-refractivity contribution in [1.82, 2.24) is 19.7 Å². The molecule has 0 saturated heterocycles. The summed E-state index contributed by atoms with van der Waals surface area (Å²) in [5.41, 5.74) is 3.56. The molecule has 1 aromatic carbocycles. The van der Waals surface area contributed by atoms with E-state index < -0.39 is 0 Å². The molecule has 124 valence electrons. The summed E-state index contributed by atoms with van der Waals surface area (Å²) < 4.78 is 7.35. The van der Waals surface area contributed by atoms with E-state index in [-0.39, 0.29) is 0 Å². The van der Waals surface area contributed by atoms with Crippen LogP contribution in [0, 0.1) is 6.92 Å². The molecule has 0 spiro atoms. The van der Waals surface area contributed by atoms with E-state index in [1.165, 1.54) is 11.1 Å². The van der Waals surface area contributed by atoms with Gasteiger partial charge in [-0.2, -0.15) is 0 Å². The number of aromatic nitrogens is 4. The number of thioether (sulfide) groups is 1. The van der Waals surface area contributed by atoms with E-state index in [1.54, 1.807) is 31.3 Å². The smallest absolute Gasteiger partial charge is 0.191 e. The number of benzene rings is 1. The van der Waals surface area contributed by atoms with Gasteiger partial charge in [-0.15, -0.1) is 10.2 Å². The van der Waals surface area contributed by atoms with Crippen LogP contribution in [0.3, 0.4) is 0 Å². The second-order valence-electron chi connectivity index (χ2n) is 5.46. The molecule has 0 bridgehead atoms. The lowest BCUT2D eigenvalue weighted by atomic mass is 10.2. The van der Waals surface area contributed by atoms with Crippen molar-refractivity contribution in [2.45, 2.75) is 24.4 Å². The Morgan fingerprint density at radius 3 is 2.50 bits per heavy atom. The number of hydrogen-bond acceptors (Lipinski definition) is 5. The van der Waals surface area contributed by atoms with Gasteiger partial charge in [0.15, 0.2) is 11.0 Å². The number of aryl methyl sites for hydroxylation is 1. The highest BCUT2D eigenvalue weighted by molar-refractivity contribution is 7.98. The standard InChI is InChI=1S/C18H20N4OS/c1-14-3-5-15(6-4-14)13-24-18-21-20-17(22(18)11-12-23-2)16-7-9-19-10-8-16/h3-10H,11-13H2,1-2H3. The van der Waals surface area contributed by atoms with E-state index in [0.717, 1.165) is 28.8 Å². The van der Waals surface area contributed by atoms with E-state index in [9.17, 15) is 0 Å². The van der Waals surface area contributed by atoms with Crippen molar-refractivity contribution in [3.8, 4) is 11.4 Å². The van der Waals surface area contributed by atoms with Crippen LogP contribution in [0.2, 0.25) is 0 Å². The average molecular weight is 340 g/mol. The van der Waals surface area contributed by atoms with E-state index in [2.05, 4.69) is 50.9 Å². The van der Waals surface area contributed by atoms with Gasteiger partial charge >= 0.3 is 0 Å². The first-order valence-corrected chi connectivity index (χ1v) is 8.77. The third kappa shape index (κ3) is 4.01. The molecule has 0 aliphatic carbocycles. The Bertz CT molecular complexity index is 771. The van der Waals surface area contributed by atoms with Gasteiger partial charge in [-0.25, -0.2) is 0 Å². The Hall–Kier alpha value is -2.18. The van der Waals surface area contributed by atoms with Crippen LogP contribution >= 0.6 is 11.8 Å². The molecule has 3 aromatic rings. The average Bonchev–Trinajstić information content (AvgIpc) is 3.03. The third-order valence-corrected chi connectivity index (χ3v) is 4.70. The fourth-order valence-electron chi connectivity index (χ4n) is 2.33. The first-order valence-electron chi connectivity index (χ1n) is 7.79. The quantitative estimate of drug-likeness (QED) is 0.615. The van der Waals surface area contributed by atoms with Crippen molar-refractivity contribution in [2.24, 2.45) is 0 Å². The van der Waals surface area contributed by atoms with E-state index in [0.29, 0.717) is 6.61 Å². The Balaban J connectivity index is 1.81. The number of pyridine rings is 1. The molecule has 0 atom stereocenters. The molecular weight excluding hydrogens is 320 g/mol. The van der Waals surface area contributed by atoms with Crippen molar-refractivity contribution in [3.63, 3.8) is 0 Å². The molecule has 0 saturated carbocycles. The summed E-state index contributed by atoms with van der Waals surface area (Å²) in [6.07, 6.45) is 3.54. The highest BCUT2D eigenvalue weighted by atomic mass is 32.2. The Morgan fingerprint density at radius 2 is 1.79 bits per heavy atom. The van der Waals surface area contributed by atoms with Crippen LogP contribution in [0.5, 0.6) is 0 Å². The maximum atomic E-state index is 5.24. The van der Waals surface area contributed by atoms with Crippen molar-refractivity contribution in [2.75, 3.05) is 13.7 Å². The van der Waals surface area contributed by atoms with Crippen LogP contribution in [0.1, 0.15) is 11.1 Å². The predicted molar refractivity (Wildman–Crippen MR) is 95.9 cm³/mol. The minimum Gasteiger partial charge on any atom is -0.383 e. The maximum Gasteiger partial charge on any atom is 0.191 e. The van der Waals surface area contributed by atoms with Gasteiger partial charge in [-0.05, 0) is 24.6 Å². The molecule has 0 amide bonds. The first kappa shape index (κ1) is 16.7. The molecule has 5 nitrogen and oxygen atoms in total. The first-order chi connectivity index (χ1) is 11.8. The van der Waals surface area contributed by atoms with Gasteiger partial charge in [0.1, 0.15) is 0 Å². The Labute approximate surface area is 146 Å². The van der Waals surface area contributed by atoms with Gasteiger partial charge in [0.05, 0.1) is 13.2 Å². The lowest BCUT2D eigenvalue weighted by molar-refractivity contribution is 0.185. The molecular formula is C18H20N4OS. The van der Waals surface area contributed by atoms with Gasteiger partial charge < -0.3 is 4.74 Å². The van der Waals surface area contributed by atoms with Crippen molar-refractivity contribution < 1.29 is 4.74 Å². The molecule has 6 heteroatoms. The fourth-order valence-corrected chi connectivity index (χ4v) is 3.25. The van der Waals surface area contributed by atoms with Crippen molar-refractivity contribution >= 4 is 11.8 Å². The highest BCUT2D eigenvalue weighted by Gasteiger charge is 2.14. The molecule has 0 aliphatic rings. The molecule has 2 aromatic heterocycles. The summed E-state index contributed by atoms with van der Waals surface area (Å²) in [5.74, 6) is 1.71. The van der Waals surface area contributed by atoms with Gasteiger partial charge in [-0.3, -0.25) is 9.55 Å². The lowest BCUT2D eigenvalue weighted by Gasteiger charge is -2.09. The van der Waals surface area contributed by atoms with Crippen LogP contribution in [-0.2, 0) is 17.0 Å². The molecule has 0 unspecified atom stereocenters. The van der Waals surface area contributed by atoms with Gasteiger partial charge in [0, 0.05) is 30.8 Å². The zero-order valence-corrected chi connectivity index (χ0v) is 14.7. The minimum absolute atomic E-state index is 0.619. The summed E-state index contributed by atoms with van der Waals surface area (Å²) in [6, 6.07) is 12.5. The summed E-state index contributed by atoms with van der Waals surface area (Å²) in [4.78, 5) is 4.07. The summed E-state index contributed by atoms with van der Waals surface area (Å²) >= 11 is 1.69. The summed E-state index contributed by atoms with van der Waals surface area (Å²) in [5, 5.41) is 9.65. The normalized spacial score (nSPS) is 10.9. The fraction of sp³-hybridized carbons (Fsp3) is 0.278. The number of nitrogens with zero attached hydrogens (tertiary/aromatic N) is 4. The Morgan fingerprint density at radius 1 is 1.04 bits per heavy atom. The van der Waals surface area contributed by atoms with Crippen LogP contribution < -0.4 is 0 Å². The molecule has 0 N–H and O–H groups in total. The number of methoxy groups -OCH3 is 1. The molecule has 3 rings (SSSR count). The van der Waals surface area contributed by atoms with Gasteiger partial charge in [-0.1, -0.05) is 41.6 Å². The molecule has 0 fully saturated rings. The topological polar surface area (TPSA) is 52.8 Å². The van der Waals surface area contributed by atoms with Crippen LogP contribution in [0.4, 0.5) is 0 Å². The Kier molecular flexibility index (Phi) is 5.61. The SMILES string of the molecule is COCCn1c(SCc2ccc(C)cc2)nnc1-c1ccncc1. The molecule has 0 radical (unpaired) electrons. The molecule has 2 heterocycles. The zero-order valence-electron chi connectivity index (χ0n) is 13.8. The van der Waals surface area contributed by atoms with E-state index >= 15 is 0 Å². The van der Waals surface area contributed by atoms with Crippen molar-refractivity contribution in [1.29, 1.82) is 0 Å². The number of rotatable bonds is 7. The summed E-state index contributed by atoms with van der Waals surface area (Å²) in [6.45, 7) is 3.44. The highest BCUT2D eigenvalue weighted by Crippen LogP contribution is 2.26. The van der Waals surface area contributed by atoms with Crippen molar-refractivity contribution in [3.05, 3.63) is 59.9 Å². The summed E-state index contributed by atoms with van der Waals surface area (Å²) in [7, 11) is 1.70. The van der Waals surface area contributed by atoms with Gasteiger partial charge in [0.25, 0.3) is 0 Å². The van der Waals surface area contributed by atoms with Crippen LogP contribution in [0.15, 0.2) is 53.9 Å². The minimum atomic E-state index is 0.619. The second-order valence-corrected chi connectivity index (χ2v) is 6.40. The van der Waals surface area contributed by atoms with E-state index in [4.69, 9.17) is 4.74 Å². The second kappa shape index (κ2) is 8.08. The zero-order chi connectivity index (χ0) is 16.8. The van der Waals surface area contributed by atoms with Gasteiger partial charge in [0.2, 0.25) is 0 Å². The predicted octanol–water partition coefficient (Wildman–Crippen LogP) is 3.59. The number of ether oxygens (including phenoxy) is 1. The molecule has 24 heavy (non-hydrogen) atoms. The monoisotopic (exact) mass is 340 g/mol. The number of hydrogen-bond donors (Lipinski definition) is 0. The maximum absolute atomic E-state index is 5.24. The lowest BCUT2D eigenvalue weighted by Crippen LogP contribution is -2.07. The largest absolute Gasteiger partial charge is 0.383 e. The molecule has 0 aliphatic heterocycles. The third-order valence-electron chi connectivity index (χ3n) is 3.66.